The minimum atomic E-state index is -0.442. The second kappa shape index (κ2) is 8.69. The van der Waals surface area contributed by atoms with Crippen LogP contribution in [0.3, 0.4) is 0 Å². The smallest absolute Gasteiger partial charge is 0.161 e. The van der Waals surface area contributed by atoms with E-state index in [1.54, 1.807) is 28.4 Å². The van der Waals surface area contributed by atoms with Gasteiger partial charge in [0, 0.05) is 14.2 Å². The van der Waals surface area contributed by atoms with E-state index in [1.165, 1.54) is 27.8 Å². The van der Waals surface area contributed by atoms with Crippen molar-refractivity contribution in [3.8, 4) is 22.6 Å². The summed E-state index contributed by atoms with van der Waals surface area (Å²) < 4.78 is 22.9. The number of methoxy groups -OCH3 is 4. The Hall–Kier alpha value is -3.08. The Morgan fingerprint density at radius 2 is 1.30 bits per heavy atom. The number of hydrogen-bond donors (Lipinski definition) is 0. The van der Waals surface area contributed by atoms with Crippen LogP contribution < -0.4 is 9.47 Å². The predicted molar refractivity (Wildman–Crippen MR) is 130 cm³/mol. The van der Waals surface area contributed by atoms with Crippen molar-refractivity contribution in [2.75, 3.05) is 28.4 Å². The van der Waals surface area contributed by atoms with Gasteiger partial charge in [-0.3, -0.25) is 0 Å². The molecule has 0 saturated carbocycles. The first-order valence-corrected chi connectivity index (χ1v) is 11.4. The maximum absolute atomic E-state index is 5.91. The molecular weight excluding hydrogens is 412 g/mol. The molecule has 0 bridgehead atoms. The molecule has 2 aliphatic rings. The molecule has 0 amide bonds. The average Bonchev–Trinajstić information content (AvgIpc) is 3.19. The quantitative estimate of drug-likeness (QED) is 0.454. The van der Waals surface area contributed by atoms with Gasteiger partial charge < -0.3 is 18.9 Å². The van der Waals surface area contributed by atoms with Crippen molar-refractivity contribution in [1.82, 2.24) is 0 Å². The second-order valence-corrected chi connectivity index (χ2v) is 8.63. The maximum Gasteiger partial charge on any atom is 0.161 e. The van der Waals surface area contributed by atoms with E-state index in [1.807, 2.05) is 6.07 Å². The van der Waals surface area contributed by atoms with Gasteiger partial charge in [0.2, 0.25) is 0 Å². The molecule has 4 nitrogen and oxygen atoms in total. The largest absolute Gasteiger partial charge is 0.493 e. The summed E-state index contributed by atoms with van der Waals surface area (Å²) in [5, 5.41) is 0. The molecule has 170 valence electrons. The van der Waals surface area contributed by atoms with E-state index in [4.69, 9.17) is 18.9 Å². The normalized spacial score (nSPS) is 20.5. The fourth-order valence-electron chi connectivity index (χ4n) is 5.78. The van der Waals surface area contributed by atoms with E-state index in [0.29, 0.717) is 0 Å². The van der Waals surface area contributed by atoms with Crippen LogP contribution in [0, 0.1) is 0 Å². The summed E-state index contributed by atoms with van der Waals surface area (Å²) in [6, 6.07) is 23.8. The Kier molecular flexibility index (Phi) is 5.73. The molecule has 2 aliphatic carbocycles. The lowest BCUT2D eigenvalue weighted by atomic mass is 9.64. The third kappa shape index (κ3) is 3.20. The molecular formula is C29H30O4. The molecule has 0 aromatic heterocycles. The molecule has 0 saturated heterocycles. The minimum Gasteiger partial charge on any atom is -0.493 e. The highest BCUT2D eigenvalue weighted by Gasteiger charge is 2.49. The number of rotatable bonds is 6. The fraction of sp³-hybridized carbons (Fsp3) is 0.310. The fourth-order valence-corrected chi connectivity index (χ4v) is 5.78. The Balaban J connectivity index is 1.83. The van der Waals surface area contributed by atoms with Crippen molar-refractivity contribution in [2.24, 2.45) is 0 Å². The molecule has 2 atom stereocenters. The van der Waals surface area contributed by atoms with Gasteiger partial charge in [0.25, 0.3) is 0 Å². The molecule has 0 heterocycles. The van der Waals surface area contributed by atoms with Crippen molar-refractivity contribution < 1.29 is 18.9 Å². The first kappa shape index (κ1) is 21.7. The third-order valence-corrected chi connectivity index (χ3v) is 7.29. The van der Waals surface area contributed by atoms with Crippen molar-refractivity contribution in [3.63, 3.8) is 0 Å². The van der Waals surface area contributed by atoms with Gasteiger partial charge in [-0.1, -0.05) is 66.2 Å². The molecule has 0 radical (unpaired) electrons. The zero-order valence-corrected chi connectivity index (χ0v) is 19.6. The predicted octanol–water partition coefficient (Wildman–Crippen LogP) is 5.77. The van der Waals surface area contributed by atoms with Crippen molar-refractivity contribution in [3.05, 3.63) is 95.1 Å². The topological polar surface area (TPSA) is 36.9 Å². The Morgan fingerprint density at radius 1 is 0.697 bits per heavy atom. The van der Waals surface area contributed by atoms with Crippen molar-refractivity contribution in [2.45, 2.75) is 30.5 Å². The van der Waals surface area contributed by atoms with Gasteiger partial charge in [-0.15, -0.1) is 0 Å². The Morgan fingerprint density at radius 3 is 1.88 bits per heavy atom. The van der Waals surface area contributed by atoms with Crippen LogP contribution in [0.1, 0.15) is 29.5 Å². The van der Waals surface area contributed by atoms with Gasteiger partial charge >= 0.3 is 0 Å². The van der Waals surface area contributed by atoms with Crippen LogP contribution in [-0.4, -0.2) is 40.6 Å². The number of ether oxygens (including phenoxy) is 4. The van der Waals surface area contributed by atoms with Crippen LogP contribution in [0.4, 0.5) is 0 Å². The summed E-state index contributed by atoms with van der Waals surface area (Å²) in [5.41, 5.74) is 7.16. The van der Waals surface area contributed by atoms with E-state index in [9.17, 15) is 0 Å². The summed E-state index contributed by atoms with van der Waals surface area (Å²) in [6.07, 6.45) is 4.00. The molecule has 3 aromatic rings. The highest BCUT2D eigenvalue weighted by atomic mass is 16.5. The second-order valence-electron chi connectivity index (χ2n) is 8.63. The van der Waals surface area contributed by atoms with E-state index >= 15 is 0 Å². The monoisotopic (exact) mass is 442 g/mol. The molecule has 3 aromatic carbocycles. The van der Waals surface area contributed by atoms with Gasteiger partial charge in [-0.05, 0) is 52.8 Å². The average molecular weight is 443 g/mol. The van der Waals surface area contributed by atoms with E-state index in [-0.39, 0.29) is 12.2 Å². The minimum absolute atomic E-state index is 0.00746. The van der Waals surface area contributed by atoms with E-state index < -0.39 is 5.41 Å². The van der Waals surface area contributed by atoms with Crippen LogP contribution in [-0.2, 0) is 14.9 Å². The first-order valence-electron chi connectivity index (χ1n) is 11.4. The summed E-state index contributed by atoms with van der Waals surface area (Å²) >= 11 is 0. The summed E-state index contributed by atoms with van der Waals surface area (Å²) in [7, 11) is 6.90. The van der Waals surface area contributed by atoms with Gasteiger partial charge in [-0.25, -0.2) is 0 Å². The number of fused-ring (bicyclic) bond motifs is 3. The zero-order valence-electron chi connectivity index (χ0n) is 19.6. The highest BCUT2D eigenvalue weighted by Crippen LogP contribution is 2.58. The maximum atomic E-state index is 5.91. The molecule has 0 spiro atoms. The van der Waals surface area contributed by atoms with Crippen LogP contribution >= 0.6 is 0 Å². The lowest BCUT2D eigenvalue weighted by molar-refractivity contribution is -0.0387. The van der Waals surface area contributed by atoms with Crippen molar-refractivity contribution in [1.29, 1.82) is 0 Å². The van der Waals surface area contributed by atoms with Gasteiger partial charge in [0.05, 0.1) is 31.8 Å². The lowest BCUT2D eigenvalue weighted by Gasteiger charge is -2.40. The highest BCUT2D eigenvalue weighted by molar-refractivity contribution is 5.86. The lowest BCUT2D eigenvalue weighted by Crippen LogP contribution is -2.39. The van der Waals surface area contributed by atoms with Gasteiger partial charge in [0.1, 0.15) is 0 Å². The standard InChI is InChI=1S/C29H30O4/c1-30-25-15-13-19(17-27(25)32-3)29(20-14-16-26(31-2)28(18-20)33-4)23-11-7-5-9-21(23)22-10-6-8-12-24(22)29/h5-15,17,26,28H,16,18H2,1-4H3. The summed E-state index contributed by atoms with van der Waals surface area (Å²) in [5.74, 6) is 1.45. The molecule has 2 unspecified atom stereocenters. The van der Waals surface area contributed by atoms with E-state index in [2.05, 4.69) is 66.7 Å². The number of benzene rings is 3. The van der Waals surface area contributed by atoms with Crippen LogP contribution in [0.15, 0.2) is 78.4 Å². The van der Waals surface area contributed by atoms with Crippen LogP contribution in [0.2, 0.25) is 0 Å². The SMILES string of the molecule is COc1ccc(C2(C3=CCC(OC)C(OC)C3)c3ccccc3-c3ccccc32)cc1OC. The molecule has 4 heteroatoms. The van der Waals surface area contributed by atoms with Crippen LogP contribution in [0.5, 0.6) is 11.5 Å². The molecule has 0 aliphatic heterocycles. The Bertz CT molecular complexity index is 1150. The first-order chi connectivity index (χ1) is 16.2. The Labute approximate surface area is 195 Å². The molecule has 0 N–H and O–H groups in total. The summed E-state index contributed by atoms with van der Waals surface area (Å²) in [6.45, 7) is 0. The van der Waals surface area contributed by atoms with E-state index in [0.717, 1.165) is 29.9 Å². The van der Waals surface area contributed by atoms with Crippen molar-refractivity contribution >= 4 is 0 Å². The molecule has 5 rings (SSSR count). The van der Waals surface area contributed by atoms with Gasteiger partial charge in [0.15, 0.2) is 11.5 Å². The zero-order chi connectivity index (χ0) is 23.0. The molecule has 0 fully saturated rings. The van der Waals surface area contributed by atoms with Gasteiger partial charge in [-0.2, -0.15) is 0 Å². The summed E-state index contributed by atoms with van der Waals surface area (Å²) in [4.78, 5) is 0. The third-order valence-electron chi connectivity index (χ3n) is 7.29. The van der Waals surface area contributed by atoms with Crippen LogP contribution in [0.25, 0.3) is 11.1 Å². The number of hydrogen-bond acceptors (Lipinski definition) is 4. The molecule has 33 heavy (non-hydrogen) atoms.